The van der Waals surface area contributed by atoms with Crippen LogP contribution in [0.1, 0.15) is 28.2 Å². The third-order valence-electron chi connectivity index (χ3n) is 5.23. The fourth-order valence-corrected chi connectivity index (χ4v) is 5.76. The predicted molar refractivity (Wildman–Crippen MR) is 120 cm³/mol. The fraction of sp³-hybridized carbons (Fsp3) is 0.286. The molecule has 1 aliphatic rings. The van der Waals surface area contributed by atoms with E-state index >= 15 is 0 Å². The van der Waals surface area contributed by atoms with Crippen LogP contribution >= 0.6 is 23.1 Å². The van der Waals surface area contributed by atoms with Crippen LogP contribution in [0.5, 0.6) is 0 Å². The lowest BCUT2D eigenvalue weighted by Crippen LogP contribution is -2.07. The van der Waals surface area contributed by atoms with Crippen LogP contribution in [-0.2, 0) is 32.2 Å². The van der Waals surface area contributed by atoms with Crippen LogP contribution < -0.4 is 11.1 Å². The van der Waals surface area contributed by atoms with E-state index in [1.54, 1.807) is 16.4 Å². The van der Waals surface area contributed by atoms with Crippen LogP contribution in [0.15, 0.2) is 41.4 Å². The zero-order chi connectivity index (χ0) is 19.8. The number of nitrogens with two attached hydrogens (primary N) is 1. The summed E-state index contributed by atoms with van der Waals surface area (Å²) in [6, 6.07) is 10.4. The Labute approximate surface area is 177 Å². The summed E-state index contributed by atoms with van der Waals surface area (Å²) in [5.41, 5.74) is 8.52. The number of rotatable bonds is 6. The van der Waals surface area contributed by atoms with Crippen LogP contribution in [0.25, 0.3) is 10.2 Å². The molecule has 0 unspecified atom stereocenters. The molecule has 148 valence electrons. The van der Waals surface area contributed by atoms with Crippen LogP contribution in [0.4, 0.5) is 11.6 Å². The van der Waals surface area contributed by atoms with E-state index in [2.05, 4.69) is 34.7 Å². The molecule has 1 aromatic carbocycles. The van der Waals surface area contributed by atoms with Gasteiger partial charge in [-0.15, -0.1) is 23.1 Å². The number of aryl methyl sites for hydroxylation is 3. The van der Waals surface area contributed by atoms with Crippen LogP contribution in [0.3, 0.4) is 0 Å². The lowest BCUT2D eigenvalue weighted by molar-refractivity contribution is 0.778. The van der Waals surface area contributed by atoms with Crippen LogP contribution in [0.2, 0.25) is 0 Å². The molecule has 0 amide bonds. The molecular formula is C21H22N6S2. The highest BCUT2D eigenvalue weighted by molar-refractivity contribution is 7.98. The van der Waals surface area contributed by atoms with Gasteiger partial charge in [-0.3, -0.25) is 4.68 Å². The summed E-state index contributed by atoms with van der Waals surface area (Å²) in [6.45, 7) is 0.599. The third kappa shape index (κ3) is 3.58. The van der Waals surface area contributed by atoms with Crippen molar-refractivity contribution in [2.24, 2.45) is 7.05 Å². The zero-order valence-electron chi connectivity index (χ0n) is 16.2. The second kappa shape index (κ2) is 7.68. The lowest BCUT2D eigenvalue weighted by atomic mass is 10.2. The maximum atomic E-state index is 6.12. The molecule has 1 aliphatic carbocycles. The first-order chi connectivity index (χ1) is 14.2. The average molecular weight is 423 g/mol. The molecule has 0 saturated carbocycles. The van der Waals surface area contributed by atoms with Gasteiger partial charge in [-0.1, -0.05) is 18.2 Å². The zero-order valence-corrected chi connectivity index (χ0v) is 17.8. The van der Waals surface area contributed by atoms with Crippen LogP contribution in [-0.4, -0.2) is 19.7 Å². The monoisotopic (exact) mass is 422 g/mol. The Morgan fingerprint density at radius 1 is 1.21 bits per heavy atom. The molecule has 6 nitrogen and oxygen atoms in total. The number of aromatic nitrogens is 4. The van der Waals surface area contributed by atoms with Gasteiger partial charge in [0, 0.05) is 28.9 Å². The summed E-state index contributed by atoms with van der Waals surface area (Å²) in [7, 11) is 1.85. The Hall–Kier alpha value is -2.58. The van der Waals surface area contributed by atoms with Gasteiger partial charge in [-0.2, -0.15) is 5.10 Å². The number of thioether (sulfide) groups is 1. The molecule has 29 heavy (non-hydrogen) atoms. The minimum atomic E-state index is 0.599. The molecular weight excluding hydrogens is 400 g/mol. The van der Waals surface area contributed by atoms with Crippen molar-refractivity contribution in [3.63, 3.8) is 0 Å². The van der Waals surface area contributed by atoms with Crippen molar-refractivity contribution in [2.45, 2.75) is 36.5 Å². The average Bonchev–Trinajstić information content (AvgIpc) is 3.41. The highest BCUT2D eigenvalue weighted by atomic mass is 32.2. The number of nitrogens with zero attached hydrogens (tertiary/aromatic N) is 4. The Kier molecular flexibility index (Phi) is 4.89. The number of hydrogen-bond acceptors (Lipinski definition) is 7. The summed E-state index contributed by atoms with van der Waals surface area (Å²) < 4.78 is 1.69. The van der Waals surface area contributed by atoms with E-state index in [-0.39, 0.29) is 0 Å². The van der Waals surface area contributed by atoms with Gasteiger partial charge in [0.2, 0.25) is 0 Å². The van der Waals surface area contributed by atoms with Gasteiger partial charge in [-0.05, 0) is 37.0 Å². The van der Waals surface area contributed by atoms with E-state index in [9.17, 15) is 0 Å². The standard InChI is InChI=1S/C21H22N6S2/c1-27-19(22)13(11-24-27)10-23-20-18-15-8-5-9-16(15)29-21(18)26-17(25-20)12-28-14-6-3-2-4-7-14/h2-4,6-7,11H,5,8-10,12,22H2,1H3,(H,23,25,26). The van der Waals surface area contributed by atoms with Gasteiger partial charge in [0.25, 0.3) is 0 Å². The first-order valence-corrected chi connectivity index (χ1v) is 11.5. The largest absolute Gasteiger partial charge is 0.384 e. The van der Waals surface area contributed by atoms with Gasteiger partial charge in [0.1, 0.15) is 22.3 Å². The van der Waals surface area contributed by atoms with E-state index in [4.69, 9.17) is 15.7 Å². The first-order valence-electron chi connectivity index (χ1n) is 9.68. The van der Waals surface area contributed by atoms with Crippen molar-refractivity contribution >= 4 is 45.0 Å². The molecule has 0 saturated heterocycles. The van der Waals surface area contributed by atoms with E-state index in [0.717, 1.165) is 40.6 Å². The van der Waals surface area contributed by atoms with Crippen molar-refractivity contribution in [3.8, 4) is 0 Å². The van der Waals surface area contributed by atoms with Crippen molar-refractivity contribution in [2.75, 3.05) is 11.1 Å². The molecule has 0 atom stereocenters. The fourth-order valence-electron chi connectivity index (χ4n) is 3.70. The maximum Gasteiger partial charge on any atom is 0.142 e. The number of nitrogen functional groups attached to an aromatic ring is 1. The molecule has 0 bridgehead atoms. The van der Waals surface area contributed by atoms with Crippen molar-refractivity contribution in [1.29, 1.82) is 0 Å². The van der Waals surface area contributed by atoms with Crippen LogP contribution in [0, 0.1) is 0 Å². The normalized spacial score (nSPS) is 13.1. The quantitative estimate of drug-likeness (QED) is 0.448. The highest BCUT2D eigenvalue weighted by Gasteiger charge is 2.22. The predicted octanol–water partition coefficient (Wildman–Crippen LogP) is 4.40. The molecule has 0 radical (unpaired) electrons. The Bertz CT molecular complexity index is 1170. The van der Waals surface area contributed by atoms with Gasteiger partial charge >= 0.3 is 0 Å². The number of hydrogen-bond donors (Lipinski definition) is 2. The molecule has 0 spiro atoms. The molecule has 0 aliphatic heterocycles. The van der Waals surface area contributed by atoms with Crippen molar-refractivity contribution in [1.82, 2.24) is 19.7 Å². The lowest BCUT2D eigenvalue weighted by Gasteiger charge is -2.10. The van der Waals surface area contributed by atoms with E-state index in [1.165, 1.54) is 27.1 Å². The molecule has 0 fully saturated rings. The number of fused-ring (bicyclic) bond motifs is 3. The number of nitrogens with one attached hydrogen (secondary N) is 1. The number of anilines is 2. The molecule has 3 heterocycles. The summed E-state index contributed by atoms with van der Waals surface area (Å²) in [5, 5.41) is 8.96. The Morgan fingerprint density at radius 2 is 2.07 bits per heavy atom. The van der Waals surface area contributed by atoms with Gasteiger partial charge in [0.05, 0.1) is 17.3 Å². The Balaban J connectivity index is 1.47. The summed E-state index contributed by atoms with van der Waals surface area (Å²) in [6.07, 6.45) is 5.29. The van der Waals surface area contributed by atoms with Gasteiger partial charge in [-0.25, -0.2) is 9.97 Å². The smallest absolute Gasteiger partial charge is 0.142 e. The van der Waals surface area contributed by atoms with E-state index in [1.807, 2.05) is 30.6 Å². The number of thiophene rings is 1. The number of benzene rings is 1. The minimum absolute atomic E-state index is 0.599. The molecule has 3 aromatic heterocycles. The van der Waals surface area contributed by atoms with Crippen molar-refractivity contribution < 1.29 is 0 Å². The third-order valence-corrected chi connectivity index (χ3v) is 7.43. The molecule has 4 aromatic rings. The summed E-state index contributed by atoms with van der Waals surface area (Å²) >= 11 is 3.58. The SMILES string of the molecule is Cn1ncc(CNc2nc(CSc3ccccc3)nc3sc4c(c23)CCC4)c1N. The highest BCUT2D eigenvalue weighted by Crippen LogP contribution is 2.40. The molecule has 3 N–H and O–H groups in total. The molecule has 8 heteroatoms. The second-order valence-electron chi connectivity index (χ2n) is 7.16. The van der Waals surface area contributed by atoms with E-state index < -0.39 is 0 Å². The summed E-state index contributed by atoms with van der Waals surface area (Å²) in [5.74, 6) is 3.19. The summed E-state index contributed by atoms with van der Waals surface area (Å²) in [4.78, 5) is 13.6. The Morgan fingerprint density at radius 3 is 2.86 bits per heavy atom. The second-order valence-corrected chi connectivity index (χ2v) is 9.29. The topological polar surface area (TPSA) is 81.7 Å². The van der Waals surface area contributed by atoms with Gasteiger partial charge in [0.15, 0.2) is 0 Å². The van der Waals surface area contributed by atoms with Crippen molar-refractivity contribution in [3.05, 3.63) is 58.4 Å². The van der Waals surface area contributed by atoms with Gasteiger partial charge < -0.3 is 11.1 Å². The van der Waals surface area contributed by atoms with E-state index in [0.29, 0.717) is 12.4 Å². The molecule has 5 rings (SSSR count). The first kappa shape index (κ1) is 18.4. The minimum Gasteiger partial charge on any atom is -0.384 e. The maximum absolute atomic E-state index is 6.12.